The first-order chi connectivity index (χ1) is 5.95. The van der Waals surface area contributed by atoms with Crippen LogP contribution in [0.1, 0.15) is 0 Å². The van der Waals surface area contributed by atoms with Crippen molar-refractivity contribution >= 4 is 17.7 Å². The van der Waals surface area contributed by atoms with Gasteiger partial charge < -0.3 is 10.6 Å². The van der Waals surface area contributed by atoms with Crippen molar-refractivity contribution in [3.05, 3.63) is 0 Å². The van der Waals surface area contributed by atoms with Crippen molar-refractivity contribution in [1.29, 1.82) is 0 Å². The average molecular weight is 216 g/mol. The van der Waals surface area contributed by atoms with Crippen LogP contribution in [0.4, 0.5) is 13.2 Å². The summed E-state index contributed by atoms with van der Waals surface area (Å²) < 4.78 is 34.7. The topological polar surface area (TPSA) is 41.1 Å². The van der Waals surface area contributed by atoms with Gasteiger partial charge in [0.25, 0.3) is 0 Å². The number of thioether (sulfide) groups is 1. The first kappa shape index (κ1) is 12.6. The minimum absolute atomic E-state index is 0.0505. The molecule has 7 heteroatoms. The van der Waals surface area contributed by atoms with E-state index in [0.717, 1.165) is 0 Å². The smallest absolute Gasteiger partial charge is 0.358 e. The Kier molecular flexibility index (Phi) is 5.89. The highest BCUT2D eigenvalue weighted by atomic mass is 32.2. The zero-order valence-corrected chi connectivity index (χ0v) is 7.89. The highest BCUT2D eigenvalue weighted by Crippen LogP contribution is 2.29. The number of carbonyl (C=O) groups is 1. The van der Waals surface area contributed by atoms with Crippen molar-refractivity contribution in [2.75, 3.05) is 25.9 Å². The normalized spacial score (nSPS) is 11.4. The number of carbonyl (C=O) groups excluding carboxylic acids is 1. The molecule has 0 saturated heterocycles. The summed E-state index contributed by atoms with van der Waals surface area (Å²) in [6.07, 6.45) is 0. The molecule has 0 aliphatic heterocycles. The maximum absolute atomic E-state index is 11.6. The second kappa shape index (κ2) is 6.09. The Morgan fingerprint density at radius 2 is 2.08 bits per heavy atom. The molecule has 1 amide bonds. The summed E-state index contributed by atoms with van der Waals surface area (Å²) in [5, 5.41) is 4.92. The van der Waals surface area contributed by atoms with Gasteiger partial charge in [0, 0.05) is 19.3 Å². The third-order valence-corrected chi connectivity index (χ3v) is 1.84. The van der Waals surface area contributed by atoms with E-state index in [1.165, 1.54) is 7.05 Å². The van der Waals surface area contributed by atoms with Gasteiger partial charge in [0.2, 0.25) is 5.91 Å². The lowest BCUT2D eigenvalue weighted by Gasteiger charge is -2.05. The van der Waals surface area contributed by atoms with E-state index in [2.05, 4.69) is 10.6 Å². The van der Waals surface area contributed by atoms with Crippen molar-refractivity contribution in [2.45, 2.75) is 5.51 Å². The van der Waals surface area contributed by atoms with E-state index in [4.69, 9.17) is 0 Å². The number of rotatable bonds is 5. The lowest BCUT2D eigenvalue weighted by atomic mass is 10.6. The Bertz CT molecular complexity index is 162. The van der Waals surface area contributed by atoms with E-state index in [1.54, 1.807) is 0 Å². The van der Waals surface area contributed by atoms with Gasteiger partial charge in [0.1, 0.15) is 0 Å². The number of hydrogen-bond donors (Lipinski definition) is 2. The van der Waals surface area contributed by atoms with Crippen LogP contribution in [0.5, 0.6) is 0 Å². The quantitative estimate of drug-likeness (QED) is 0.660. The van der Waals surface area contributed by atoms with Gasteiger partial charge >= 0.3 is 5.51 Å². The van der Waals surface area contributed by atoms with Crippen molar-refractivity contribution < 1.29 is 18.0 Å². The average Bonchev–Trinajstić information content (AvgIpc) is 2.01. The van der Waals surface area contributed by atoms with E-state index in [1.807, 2.05) is 0 Å². The lowest BCUT2D eigenvalue weighted by molar-refractivity contribution is -0.119. The molecule has 0 rings (SSSR count). The number of halogens is 3. The van der Waals surface area contributed by atoms with Gasteiger partial charge in [-0.25, -0.2) is 0 Å². The second-order valence-corrected chi connectivity index (χ2v) is 3.30. The fourth-order valence-corrected chi connectivity index (χ4v) is 1.01. The third kappa shape index (κ3) is 9.48. The Labute approximate surface area is 78.4 Å². The molecule has 0 aliphatic carbocycles. The molecule has 0 radical (unpaired) electrons. The molecule has 0 heterocycles. The Hall–Kier alpha value is -0.430. The molecule has 0 aromatic rings. The number of nitrogens with one attached hydrogen (secondary N) is 2. The summed E-state index contributed by atoms with van der Waals surface area (Å²) in [5.41, 5.74) is -4.19. The standard InChI is InChI=1S/C6H11F3N2OS/c1-10-5(12)4-11-2-3-13-6(7,8)9/h11H,2-4H2,1H3,(H,10,12). The van der Waals surface area contributed by atoms with Crippen molar-refractivity contribution in [3.8, 4) is 0 Å². The van der Waals surface area contributed by atoms with Crippen LogP contribution in [-0.2, 0) is 4.79 Å². The predicted octanol–water partition coefficient (Wildman–Crippen LogP) is 0.575. The zero-order chi connectivity index (χ0) is 10.3. The summed E-state index contributed by atoms with van der Waals surface area (Å²) in [6, 6.07) is 0. The fourth-order valence-electron chi connectivity index (χ4n) is 0.529. The molecule has 2 N–H and O–H groups in total. The first-order valence-electron chi connectivity index (χ1n) is 3.57. The van der Waals surface area contributed by atoms with Crippen LogP contribution in [0.2, 0.25) is 0 Å². The molecule has 0 aromatic heterocycles. The van der Waals surface area contributed by atoms with Crippen LogP contribution in [0.25, 0.3) is 0 Å². The summed E-state index contributed by atoms with van der Waals surface area (Å²) in [6.45, 7) is 0.215. The molecule has 0 aromatic carbocycles. The number of hydrogen-bond acceptors (Lipinski definition) is 3. The van der Waals surface area contributed by atoms with Crippen LogP contribution in [0.15, 0.2) is 0 Å². The minimum Gasteiger partial charge on any atom is -0.358 e. The molecule has 0 saturated carbocycles. The number of alkyl halides is 3. The molecular weight excluding hydrogens is 205 g/mol. The number of amides is 1. The molecule has 78 valence electrons. The third-order valence-electron chi connectivity index (χ3n) is 1.11. The van der Waals surface area contributed by atoms with Gasteiger partial charge in [-0.15, -0.1) is 0 Å². The van der Waals surface area contributed by atoms with Gasteiger partial charge in [-0.05, 0) is 11.8 Å². The van der Waals surface area contributed by atoms with Gasteiger partial charge in [-0.2, -0.15) is 13.2 Å². The van der Waals surface area contributed by atoms with Gasteiger partial charge in [0.15, 0.2) is 0 Å². The fraction of sp³-hybridized carbons (Fsp3) is 0.833. The van der Waals surface area contributed by atoms with E-state index < -0.39 is 5.51 Å². The molecule has 3 nitrogen and oxygen atoms in total. The monoisotopic (exact) mass is 216 g/mol. The Balaban J connectivity index is 3.22. The largest absolute Gasteiger partial charge is 0.441 e. The summed E-state index contributed by atoms with van der Waals surface area (Å²) >= 11 is -0.101. The molecule has 0 unspecified atom stereocenters. The summed E-state index contributed by atoms with van der Waals surface area (Å²) in [5.74, 6) is -0.322. The molecule has 0 fully saturated rings. The molecule has 0 atom stereocenters. The van der Waals surface area contributed by atoms with Crippen LogP contribution in [-0.4, -0.2) is 37.3 Å². The Morgan fingerprint density at radius 3 is 2.54 bits per heavy atom. The van der Waals surface area contributed by atoms with Gasteiger partial charge in [0.05, 0.1) is 6.54 Å². The van der Waals surface area contributed by atoms with E-state index in [-0.39, 0.29) is 36.5 Å². The molecule has 0 spiro atoms. The van der Waals surface area contributed by atoms with Crippen molar-refractivity contribution in [3.63, 3.8) is 0 Å². The predicted molar refractivity (Wildman–Crippen MR) is 45.4 cm³/mol. The van der Waals surface area contributed by atoms with Crippen LogP contribution >= 0.6 is 11.8 Å². The SMILES string of the molecule is CNC(=O)CNCCSC(F)(F)F. The Morgan fingerprint density at radius 1 is 1.46 bits per heavy atom. The summed E-state index contributed by atoms with van der Waals surface area (Å²) in [7, 11) is 1.47. The maximum Gasteiger partial charge on any atom is 0.441 e. The summed E-state index contributed by atoms with van der Waals surface area (Å²) in [4.78, 5) is 10.6. The van der Waals surface area contributed by atoms with Crippen LogP contribution < -0.4 is 10.6 Å². The van der Waals surface area contributed by atoms with Crippen LogP contribution in [0.3, 0.4) is 0 Å². The van der Waals surface area contributed by atoms with E-state index in [0.29, 0.717) is 0 Å². The highest BCUT2D eigenvalue weighted by molar-refractivity contribution is 8.00. The molecular formula is C6H11F3N2OS. The highest BCUT2D eigenvalue weighted by Gasteiger charge is 2.27. The maximum atomic E-state index is 11.6. The molecule has 0 aliphatic rings. The second-order valence-electron chi connectivity index (χ2n) is 2.14. The van der Waals surface area contributed by atoms with Gasteiger partial charge in [-0.1, -0.05) is 0 Å². The first-order valence-corrected chi connectivity index (χ1v) is 4.56. The lowest BCUT2D eigenvalue weighted by Crippen LogP contribution is -2.32. The van der Waals surface area contributed by atoms with Gasteiger partial charge in [-0.3, -0.25) is 4.79 Å². The number of likely N-dealkylation sites (N-methyl/N-ethyl adjacent to an activating group) is 1. The van der Waals surface area contributed by atoms with Crippen LogP contribution in [0, 0.1) is 0 Å². The van der Waals surface area contributed by atoms with E-state index in [9.17, 15) is 18.0 Å². The zero-order valence-electron chi connectivity index (χ0n) is 7.07. The minimum atomic E-state index is -4.19. The van der Waals surface area contributed by atoms with Crippen molar-refractivity contribution in [1.82, 2.24) is 10.6 Å². The molecule has 13 heavy (non-hydrogen) atoms. The van der Waals surface area contributed by atoms with E-state index >= 15 is 0 Å². The van der Waals surface area contributed by atoms with Crippen molar-refractivity contribution in [2.24, 2.45) is 0 Å². The molecule has 0 bridgehead atoms.